The van der Waals surface area contributed by atoms with Crippen LogP contribution in [0.15, 0.2) is 18.2 Å². The summed E-state index contributed by atoms with van der Waals surface area (Å²) in [5.41, 5.74) is 0.310. The van der Waals surface area contributed by atoms with Gasteiger partial charge in [-0.05, 0) is 32.9 Å². The predicted octanol–water partition coefficient (Wildman–Crippen LogP) is 1.52. The first-order chi connectivity index (χ1) is 8.97. The number of hydrogen-bond donors (Lipinski definition) is 1. The number of ether oxygens (including phenoxy) is 2. The highest BCUT2D eigenvalue weighted by Crippen LogP contribution is 2.36. The molecule has 3 rings (SSSR count). The number of carbonyl (C=O) groups is 1. The SMILES string of the molecule is CC1CN(c2ccc3c(c2)OCO3)C(=O)C(C)(C)N1. The number of nitrogens with one attached hydrogen (secondary N) is 1. The topological polar surface area (TPSA) is 50.8 Å². The van der Waals surface area contributed by atoms with Gasteiger partial charge in [0.05, 0.1) is 5.54 Å². The van der Waals surface area contributed by atoms with Gasteiger partial charge < -0.3 is 14.4 Å². The smallest absolute Gasteiger partial charge is 0.246 e. The molecule has 0 aliphatic carbocycles. The minimum atomic E-state index is -0.548. The van der Waals surface area contributed by atoms with Crippen LogP contribution in [0.5, 0.6) is 11.5 Å². The van der Waals surface area contributed by atoms with E-state index in [4.69, 9.17) is 9.47 Å². The van der Waals surface area contributed by atoms with Crippen LogP contribution in [0.2, 0.25) is 0 Å². The summed E-state index contributed by atoms with van der Waals surface area (Å²) in [6.07, 6.45) is 0. The number of amides is 1. The fourth-order valence-corrected chi connectivity index (χ4v) is 2.69. The molecule has 1 aromatic rings. The Balaban J connectivity index is 1.94. The fourth-order valence-electron chi connectivity index (χ4n) is 2.69. The van der Waals surface area contributed by atoms with Crippen LogP contribution in [-0.2, 0) is 4.79 Å². The van der Waals surface area contributed by atoms with Gasteiger partial charge >= 0.3 is 0 Å². The number of benzene rings is 1. The average molecular weight is 262 g/mol. The third kappa shape index (κ3) is 2.04. The molecule has 1 amide bonds. The molecule has 5 nitrogen and oxygen atoms in total. The third-order valence-corrected chi connectivity index (χ3v) is 3.51. The van der Waals surface area contributed by atoms with Crippen molar-refractivity contribution >= 4 is 11.6 Å². The Morgan fingerprint density at radius 3 is 2.84 bits per heavy atom. The molecule has 0 spiro atoms. The number of fused-ring (bicyclic) bond motifs is 1. The second-order valence-electron chi connectivity index (χ2n) is 5.62. The summed E-state index contributed by atoms with van der Waals surface area (Å²) in [5, 5.41) is 3.31. The van der Waals surface area contributed by atoms with Crippen LogP contribution in [-0.4, -0.2) is 30.8 Å². The highest BCUT2D eigenvalue weighted by molar-refractivity contribution is 6.00. The maximum Gasteiger partial charge on any atom is 0.246 e. The minimum absolute atomic E-state index is 0.0736. The Morgan fingerprint density at radius 2 is 2.05 bits per heavy atom. The largest absolute Gasteiger partial charge is 0.454 e. The van der Waals surface area contributed by atoms with Gasteiger partial charge in [-0.3, -0.25) is 10.1 Å². The van der Waals surface area contributed by atoms with E-state index in [-0.39, 0.29) is 18.7 Å². The Morgan fingerprint density at radius 1 is 1.32 bits per heavy atom. The van der Waals surface area contributed by atoms with Crippen molar-refractivity contribution in [1.82, 2.24) is 5.32 Å². The van der Waals surface area contributed by atoms with Crippen molar-refractivity contribution < 1.29 is 14.3 Å². The molecule has 2 heterocycles. The Bertz CT molecular complexity index is 527. The van der Waals surface area contributed by atoms with Crippen molar-refractivity contribution in [3.63, 3.8) is 0 Å². The number of nitrogens with zero attached hydrogens (tertiary/aromatic N) is 1. The van der Waals surface area contributed by atoms with E-state index < -0.39 is 5.54 Å². The van der Waals surface area contributed by atoms with Crippen molar-refractivity contribution in [2.24, 2.45) is 0 Å². The summed E-state index contributed by atoms with van der Waals surface area (Å²) < 4.78 is 10.7. The summed E-state index contributed by atoms with van der Waals surface area (Å²) in [4.78, 5) is 14.3. The highest BCUT2D eigenvalue weighted by Gasteiger charge is 2.39. The standard InChI is InChI=1S/C14H18N2O3/c1-9-7-16(13(17)14(2,3)15-9)10-4-5-11-12(6-10)19-8-18-11/h4-6,9,15H,7-8H2,1-3H3. The van der Waals surface area contributed by atoms with Crippen LogP contribution >= 0.6 is 0 Å². The first-order valence-electron chi connectivity index (χ1n) is 6.47. The van der Waals surface area contributed by atoms with E-state index in [0.29, 0.717) is 12.3 Å². The average Bonchev–Trinajstić information content (AvgIpc) is 2.80. The van der Waals surface area contributed by atoms with Gasteiger partial charge in [0.2, 0.25) is 12.7 Å². The number of piperazine rings is 1. The van der Waals surface area contributed by atoms with Crippen molar-refractivity contribution in [1.29, 1.82) is 0 Å². The number of carbonyl (C=O) groups excluding carboxylic acids is 1. The summed E-state index contributed by atoms with van der Waals surface area (Å²) in [6.45, 7) is 6.79. The molecular weight excluding hydrogens is 244 g/mol. The molecule has 1 aromatic carbocycles. The second kappa shape index (κ2) is 4.13. The van der Waals surface area contributed by atoms with Crippen LogP contribution in [0.1, 0.15) is 20.8 Å². The lowest BCUT2D eigenvalue weighted by atomic mass is 9.97. The van der Waals surface area contributed by atoms with Gasteiger partial charge in [-0.2, -0.15) is 0 Å². The van der Waals surface area contributed by atoms with E-state index in [2.05, 4.69) is 12.2 Å². The summed E-state index contributed by atoms with van der Waals surface area (Å²) in [7, 11) is 0. The second-order valence-corrected chi connectivity index (χ2v) is 5.62. The van der Waals surface area contributed by atoms with Gasteiger partial charge in [0.1, 0.15) is 0 Å². The minimum Gasteiger partial charge on any atom is -0.454 e. The van der Waals surface area contributed by atoms with Gasteiger partial charge in [0.15, 0.2) is 11.5 Å². The van der Waals surface area contributed by atoms with E-state index in [9.17, 15) is 4.79 Å². The normalized spacial score (nSPS) is 24.7. The van der Waals surface area contributed by atoms with Gasteiger partial charge in [0, 0.05) is 24.3 Å². The zero-order valence-electron chi connectivity index (χ0n) is 11.4. The van der Waals surface area contributed by atoms with E-state index >= 15 is 0 Å². The van der Waals surface area contributed by atoms with Crippen LogP contribution in [0.25, 0.3) is 0 Å². The molecule has 2 aliphatic rings. The Kier molecular flexibility index (Phi) is 2.67. The molecule has 1 saturated heterocycles. The predicted molar refractivity (Wildman–Crippen MR) is 71.6 cm³/mol. The van der Waals surface area contributed by atoms with Crippen molar-refractivity contribution in [3.8, 4) is 11.5 Å². The first kappa shape index (κ1) is 12.3. The van der Waals surface area contributed by atoms with Gasteiger partial charge in [0.25, 0.3) is 0 Å². The van der Waals surface area contributed by atoms with Crippen LogP contribution < -0.4 is 19.7 Å². The maximum atomic E-state index is 12.5. The van der Waals surface area contributed by atoms with Crippen molar-refractivity contribution in [2.45, 2.75) is 32.4 Å². The lowest BCUT2D eigenvalue weighted by Gasteiger charge is -2.41. The lowest BCUT2D eigenvalue weighted by Crippen LogP contribution is -2.65. The molecule has 1 atom stereocenters. The zero-order chi connectivity index (χ0) is 13.6. The molecular formula is C14H18N2O3. The van der Waals surface area contributed by atoms with E-state index in [1.165, 1.54) is 0 Å². The molecule has 19 heavy (non-hydrogen) atoms. The van der Waals surface area contributed by atoms with Crippen molar-refractivity contribution in [2.75, 3.05) is 18.2 Å². The Labute approximate surface area is 112 Å². The third-order valence-electron chi connectivity index (χ3n) is 3.51. The molecule has 1 unspecified atom stereocenters. The maximum absolute atomic E-state index is 12.5. The molecule has 0 bridgehead atoms. The highest BCUT2D eigenvalue weighted by atomic mass is 16.7. The summed E-state index contributed by atoms with van der Waals surface area (Å²) in [6, 6.07) is 5.87. The quantitative estimate of drug-likeness (QED) is 0.833. The van der Waals surface area contributed by atoms with Crippen molar-refractivity contribution in [3.05, 3.63) is 18.2 Å². The van der Waals surface area contributed by atoms with E-state index in [1.54, 1.807) is 0 Å². The first-order valence-corrected chi connectivity index (χ1v) is 6.47. The molecule has 2 aliphatic heterocycles. The van der Waals surface area contributed by atoms with Crippen LogP contribution in [0.4, 0.5) is 5.69 Å². The van der Waals surface area contributed by atoms with Crippen LogP contribution in [0.3, 0.4) is 0 Å². The molecule has 1 fully saturated rings. The fraction of sp³-hybridized carbons (Fsp3) is 0.500. The summed E-state index contributed by atoms with van der Waals surface area (Å²) >= 11 is 0. The molecule has 0 saturated carbocycles. The Hall–Kier alpha value is -1.75. The summed E-state index contributed by atoms with van der Waals surface area (Å²) in [5.74, 6) is 1.51. The van der Waals surface area contributed by atoms with Gasteiger partial charge in [-0.1, -0.05) is 0 Å². The number of hydrogen-bond acceptors (Lipinski definition) is 4. The molecule has 5 heteroatoms. The number of anilines is 1. The van der Waals surface area contributed by atoms with E-state index in [1.807, 2.05) is 36.9 Å². The monoisotopic (exact) mass is 262 g/mol. The molecule has 0 radical (unpaired) electrons. The zero-order valence-corrected chi connectivity index (χ0v) is 11.4. The van der Waals surface area contributed by atoms with Crippen LogP contribution in [0, 0.1) is 0 Å². The molecule has 1 N–H and O–H groups in total. The van der Waals surface area contributed by atoms with Gasteiger partial charge in [-0.25, -0.2) is 0 Å². The van der Waals surface area contributed by atoms with Gasteiger partial charge in [-0.15, -0.1) is 0 Å². The van der Waals surface area contributed by atoms with E-state index in [0.717, 1.165) is 11.4 Å². The molecule has 102 valence electrons. The number of rotatable bonds is 1. The molecule has 0 aromatic heterocycles. The lowest BCUT2D eigenvalue weighted by molar-refractivity contribution is -0.125.